The normalized spacial score (nSPS) is 10.6. The van der Waals surface area contributed by atoms with Gasteiger partial charge in [0, 0.05) is 5.39 Å². The van der Waals surface area contributed by atoms with Crippen LogP contribution in [0.15, 0.2) is 24.8 Å². The highest BCUT2D eigenvalue weighted by Gasteiger charge is 2.08. The Morgan fingerprint density at radius 3 is 2.75 bits per heavy atom. The second kappa shape index (κ2) is 3.81. The zero-order valence-corrected chi connectivity index (χ0v) is 9.20. The maximum absolute atomic E-state index is 5.87. The Hall–Kier alpha value is -2.10. The molecular formula is C12H14N4. The van der Waals surface area contributed by atoms with E-state index in [1.54, 1.807) is 0 Å². The molecule has 0 aliphatic heterocycles. The van der Waals surface area contributed by atoms with Crippen molar-refractivity contribution in [3.63, 3.8) is 0 Å². The van der Waals surface area contributed by atoms with Crippen LogP contribution in [0.5, 0.6) is 0 Å². The lowest BCUT2D eigenvalue weighted by Gasteiger charge is -2.09. The van der Waals surface area contributed by atoms with Gasteiger partial charge in [-0.3, -0.25) is 0 Å². The third-order valence-corrected chi connectivity index (χ3v) is 2.65. The number of anilines is 2. The van der Waals surface area contributed by atoms with Crippen molar-refractivity contribution >= 4 is 22.7 Å². The SMILES string of the molecule is C=CCc1ccc2nc(N)nc(N)c2c1C. The predicted molar refractivity (Wildman–Crippen MR) is 67.0 cm³/mol. The molecule has 82 valence electrons. The number of allylic oxidation sites excluding steroid dienone is 1. The molecule has 0 bridgehead atoms. The molecule has 0 atom stereocenters. The van der Waals surface area contributed by atoms with E-state index in [0.29, 0.717) is 5.82 Å². The van der Waals surface area contributed by atoms with Crippen LogP contribution in [-0.2, 0) is 6.42 Å². The number of nitrogens with zero attached hydrogens (tertiary/aromatic N) is 2. The second-order valence-electron chi connectivity index (χ2n) is 3.70. The number of fused-ring (bicyclic) bond motifs is 1. The zero-order chi connectivity index (χ0) is 11.7. The van der Waals surface area contributed by atoms with Crippen LogP contribution in [0.2, 0.25) is 0 Å². The molecule has 0 aliphatic carbocycles. The van der Waals surface area contributed by atoms with Gasteiger partial charge in [0.05, 0.1) is 5.52 Å². The third kappa shape index (κ3) is 1.58. The summed E-state index contributed by atoms with van der Waals surface area (Å²) in [6.07, 6.45) is 2.67. The number of hydrogen-bond acceptors (Lipinski definition) is 4. The van der Waals surface area contributed by atoms with E-state index in [4.69, 9.17) is 11.5 Å². The quantitative estimate of drug-likeness (QED) is 0.747. The molecule has 1 aromatic heterocycles. The van der Waals surface area contributed by atoms with E-state index >= 15 is 0 Å². The molecular weight excluding hydrogens is 200 g/mol. The first-order valence-electron chi connectivity index (χ1n) is 5.05. The number of hydrogen-bond donors (Lipinski definition) is 2. The number of aryl methyl sites for hydroxylation is 1. The van der Waals surface area contributed by atoms with E-state index < -0.39 is 0 Å². The molecule has 0 saturated carbocycles. The van der Waals surface area contributed by atoms with Gasteiger partial charge in [0.15, 0.2) is 0 Å². The van der Waals surface area contributed by atoms with E-state index in [0.717, 1.165) is 22.9 Å². The van der Waals surface area contributed by atoms with Crippen LogP contribution in [0.3, 0.4) is 0 Å². The summed E-state index contributed by atoms with van der Waals surface area (Å²) in [5.74, 6) is 0.645. The van der Waals surface area contributed by atoms with Gasteiger partial charge in [-0.2, -0.15) is 4.98 Å². The van der Waals surface area contributed by atoms with Gasteiger partial charge in [-0.05, 0) is 30.5 Å². The smallest absolute Gasteiger partial charge is 0.222 e. The van der Waals surface area contributed by atoms with E-state index in [2.05, 4.69) is 16.5 Å². The molecule has 4 nitrogen and oxygen atoms in total. The molecule has 2 aromatic rings. The Kier molecular flexibility index (Phi) is 2.48. The molecule has 0 amide bonds. The van der Waals surface area contributed by atoms with Crippen molar-refractivity contribution in [3.8, 4) is 0 Å². The van der Waals surface area contributed by atoms with Gasteiger partial charge in [-0.1, -0.05) is 12.1 Å². The molecule has 0 unspecified atom stereocenters. The average Bonchev–Trinajstić information content (AvgIpc) is 2.21. The van der Waals surface area contributed by atoms with Gasteiger partial charge in [0.1, 0.15) is 5.82 Å². The molecule has 0 saturated heterocycles. The van der Waals surface area contributed by atoms with Crippen molar-refractivity contribution in [2.45, 2.75) is 13.3 Å². The summed E-state index contributed by atoms with van der Waals surface area (Å²) >= 11 is 0. The number of aromatic nitrogens is 2. The zero-order valence-electron chi connectivity index (χ0n) is 9.20. The maximum atomic E-state index is 5.87. The highest BCUT2D eigenvalue weighted by atomic mass is 15.0. The highest BCUT2D eigenvalue weighted by Crippen LogP contribution is 2.25. The molecule has 0 spiro atoms. The van der Waals surface area contributed by atoms with Crippen LogP contribution in [-0.4, -0.2) is 9.97 Å². The first kappa shape index (κ1) is 10.4. The minimum Gasteiger partial charge on any atom is -0.383 e. The molecule has 1 aromatic carbocycles. The first-order chi connectivity index (χ1) is 7.63. The fraction of sp³-hybridized carbons (Fsp3) is 0.167. The maximum Gasteiger partial charge on any atom is 0.222 e. The van der Waals surface area contributed by atoms with Crippen molar-refractivity contribution in [1.29, 1.82) is 0 Å². The lowest BCUT2D eigenvalue weighted by Crippen LogP contribution is -2.02. The minimum absolute atomic E-state index is 0.209. The lowest BCUT2D eigenvalue weighted by atomic mass is 10.0. The molecule has 4 heteroatoms. The first-order valence-corrected chi connectivity index (χ1v) is 5.05. The van der Waals surface area contributed by atoms with E-state index in [1.165, 1.54) is 5.56 Å². The van der Waals surface area contributed by atoms with Gasteiger partial charge in [0.2, 0.25) is 5.95 Å². The van der Waals surface area contributed by atoms with Crippen LogP contribution in [0.4, 0.5) is 11.8 Å². The molecule has 2 rings (SSSR count). The van der Waals surface area contributed by atoms with Crippen LogP contribution in [0.1, 0.15) is 11.1 Å². The lowest BCUT2D eigenvalue weighted by molar-refractivity contribution is 1.20. The highest BCUT2D eigenvalue weighted by molar-refractivity contribution is 5.92. The molecule has 16 heavy (non-hydrogen) atoms. The predicted octanol–water partition coefficient (Wildman–Crippen LogP) is 1.83. The molecule has 0 aliphatic rings. The van der Waals surface area contributed by atoms with Crippen molar-refractivity contribution in [1.82, 2.24) is 9.97 Å². The monoisotopic (exact) mass is 214 g/mol. The summed E-state index contributed by atoms with van der Waals surface area (Å²) in [5, 5.41) is 0.883. The van der Waals surface area contributed by atoms with Crippen LogP contribution < -0.4 is 11.5 Å². The van der Waals surface area contributed by atoms with Crippen molar-refractivity contribution in [3.05, 3.63) is 35.9 Å². The Balaban J connectivity index is 2.78. The summed E-state index contributed by atoms with van der Waals surface area (Å²) in [6.45, 7) is 5.74. The Bertz CT molecular complexity index is 560. The minimum atomic E-state index is 0.209. The summed E-state index contributed by atoms with van der Waals surface area (Å²) in [4.78, 5) is 8.14. The van der Waals surface area contributed by atoms with E-state index in [1.807, 2.05) is 25.1 Å². The molecule has 1 heterocycles. The van der Waals surface area contributed by atoms with Crippen molar-refractivity contribution in [2.24, 2.45) is 0 Å². The fourth-order valence-electron chi connectivity index (χ4n) is 1.86. The fourth-order valence-corrected chi connectivity index (χ4v) is 1.86. The molecule has 4 N–H and O–H groups in total. The molecule has 0 radical (unpaired) electrons. The standard InChI is InChI=1S/C12H14N4/c1-3-4-8-5-6-9-10(7(8)2)11(13)16-12(14)15-9/h3,5-6H,1,4H2,2H3,(H4,13,14,15,16). The van der Waals surface area contributed by atoms with Gasteiger partial charge < -0.3 is 11.5 Å². The third-order valence-electron chi connectivity index (χ3n) is 2.65. The summed E-state index contributed by atoms with van der Waals surface area (Å²) in [7, 11) is 0. The van der Waals surface area contributed by atoms with E-state index in [-0.39, 0.29) is 5.95 Å². The Morgan fingerprint density at radius 2 is 2.06 bits per heavy atom. The summed E-state index contributed by atoms with van der Waals surface area (Å²) < 4.78 is 0. The van der Waals surface area contributed by atoms with Crippen molar-refractivity contribution in [2.75, 3.05) is 11.5 Å². The number of rotatable bonds is 2. The van der Waals surface area contributed by atoms with Gasteiger partial charge >= 0.3 is 0 Å². The van der Waals surface area contributed by atoms with Crippen LogP contribution >= 0.6 is 0 Å². The van der Waals surface area contributed by atoms with Crippen LogP contribution in [0.25, 0.3) is 10.9 Å². The summed E-state index contributed by atoms with van der Waals surface area (Å²) in [6, 6.07) is 3.93. The number of benzene rings is 1. The van der Waals surface area contributed by atoms with Crippen molar-refractivity contribution < 1.29 is 0 Å². The van der Waals surface area contributed by atoms with Gasteiger partial charge in [0.25, 0.3) is 0 Å². The Morgan fingerprint density at radius 1 is 1.31 bits per heavy atom. The van der Waals surface area contributed by atoms with Crippen LogP contribution in [0, 0.1) is 6.92 Å². The Labute approximate surface area is 94.0 Å². The molecule has 0 fully saturated rings. The van der Waals surface area contributed by atoms with Gasteiger partial charge in [-0.25, -0.2) is 4.98 Å². The van der Waals surface area contributed by atoms with Gasteiger partial charge in [-0.15, -0.1) is 6.58 Å². The number of nitrogens with two attached hydrogens (primary N) is 2. The topological polar surface area (TPSA) is 77.8 Å². The average molecular weight is 214 g/mol. The number of nitrogen functional groups attached to an aromatic ring is 2. The second-order valence-corrected chi connectivity index (χ2v) is 3.70. The largest absolute Gasteiger partial charge is 0.383 e. The summed E-state index contributed by atoms with van der Waals surface area (Å²) in [5.41, 5.74) is 14.5. The van der Waals surface area contributed by atoms with E-state index in [9.17, 15) is 0 Å².